The van der Waals surface area contributed by atoms with Crippen molar-refractivity contribution < 1.29 is 18.0 Å². The molecule has 2 atom stereocenters. The fourth-order valence-corrected chi connectivity index (χ4v) is 3.92. The number of rotatable bonds is 5. The summed E-state index contributed by atoms with van der Waals surface area (Å²) in [5.41, 5.74) is 1.86. The number of nitrogens with zero attached hydrogens (tertiary/aromatic N) is 4. The molecule has 0 aliphatic carbocycles. The van der Waals surface area contributed by atoms with E-state index in [1.165, 1.54) is 24.0 Å². The van der Waals surface area contributed by atoms with Crippen molar-refractivity contribution in [1.29, 1.82) is 0 Å². The maximum Gasteiger partial charge on any atom is 0.258 e. The van der Waals surface area contributed by atoms with Gasteiger partial charge in [-0.05, 0) is 43.2 Å². The summed E-state index contributed by atoms with van der Waals surface area (Å²) in [6.45, 7) is 1.40. The molecule has 1 aromatic carbocycles. The first kappa shape index (κ1) is 21.7. The van der Waals surface area contributed by atoms with Gasteiger partial charge in [0.2, 0.25) is 5.91 Å². The number of halogens is 3. The maximum absolute atomic E-state index is 13.6. The van der Waals surface area contributed by atoms with Crippen LogP contribution in [-0.2, 0) is 4.79 Å². The number of nitrogens with one attached hydrogen (secondary N) is 1. The third-order valence-electron chi connectivity index (χ3n) is 5.49. The van der Waals surface area contributed by atoms with E-state index in [4.69, 9.17) is 0 Å². The van der Waals surface area contributed by atoms with Crippen molar-refractivity contribution in [2.24, 2.45) is 0 Å². The van der Waals surface area contributed by atoms with Gasteiger partial charge in [-0.2, -0.15) is 0 Å². The Morgan fingerprint density at radius 2 is 2.00 bits per heavy atom. The lowest BCUT2D eigenvalue weighted by Crippen LogP contribution is -2.49. The highest BCUT2D eigenvalue weighted by molar-refractivity contribution is 5.74. The van der Waals surface area contributed by atoms with Gasteiger partial charge in [0.05, 0.1) is 11.7 Å². The van der Waals surface area contributed by atoms with Crippen LogP contribution in [0.15, 0.2) is 54.9 Å². The summed E-state index contributed by atoms with van der Waals surface area (Å²) in [5, 5.41) is 3.08. The Morgan fingerprint density at radius 1 is 1.16 bits per heavy atom. The lowest BCUT2D eigenvalue weighted by Gasteiger charge is -2.38. The number of anilines is 2. The number of hydrogen-bond acceptors (Lipinski definition) is 5. The van der Waals surface area contributed by atoms with E-state index in [1.54, 1.807) is 36.7 Å². The number of aromatic nitrogens is 3. The van der Waals surface area contributed by atoms with Gasteiger partial charge in [0.1, 0.15) is 17.5 Å². The average molecular weight is 441 g/mol. The van der Waals surface area contributed by atoms with Crippen LogP contribution in [0.2, 0.25) is 0 Å². The van der Waals surface area contributed by atoms with Gasteiger partial charge in [-0.15, -0.1) is 0 Å². The molecular weight excluding hydrogens is 419 g/mol. The predicted octanol–water partition coefficient (Wildman–Crippen LogP) is 4.78. The second-order valence-electron chi connectivity index (χ2n) is 7.72. The average Bonchev–Trinajstić information content (AvgIpc) is 2.79. The third-order valence-corrected chi connectivity index (χ3v) is 5.49. The van der Waals surface area contributed by atoms with Gasteiger partial charge in [0, 0.05) is 49.1 Å². The van der Waals surface area contributed by atoms with Crippen molar-refractivity contribution in [1.82, 2.24) is 19.9 Å². The van der Waals surface area contributed by atoms with Crippen LogP contribution in [0, 0.1) is 5.82 Å². The Morgan fingerprint density at radius 3 is 2.69 bits per heavy atom. The van der Waals surface area contributed by atoms with Crippen LogP contribution in [0.4, 0.5) is 24.7 Å². The van der Waals surface area contributed by atoms with Gasteiger partial charge < -0.3 is 10.2 Å². The van der Waals surface area contributed by atoms with E-state index in [0.29, 0.717) is 29.4 Å². The summed E-state index contributed by atoms with van der Waals surface area (Å²) in [6, 6.07) is 10.2. The van der Waals surface area contributed by atoms with Crippen LogP contribution < -0.4 is 5.32 Å². The smallest absolute Gasteiger partial charge is 0.258 e. The monoisotopic (exact) mass is 441 g/mol. The maximum atomic E-state index is 13.6. The Kier molecular flexibility index (Phi) is 6.34. The quantitative estimate of drug-likeness (QED) is 0.617. The molecule has 1 aliphatic rings. The predicted molar refractivity (Wildman–Crippen MR) is 114 cm³/mol. The van der Waals surface area contributed by atoms with Crippen LogP contribution in [-0.4, -0.2) is 44.8 Å². The molecule has 1 unspecified atom stereocenters. The van der Waals surface area contributed by atoms with Crippen molar-refractivity contribution in [3.8, 4) is 11.3 Å². The Labute approximate surface area is 183 Å². The van der Waals surface area contributed by atoms with Crippen LogP contribution in [0.5, 0.6) is 0 Å². The minimum absolute atomic E-state index is 0.111. The van der Waals surface area contributed by atoms with E-state index in [9.17, 15) is 18.0 Å². The first-order valence-corrected chi connectivity index (χ1v) is 10.3. The molecule has 1 amide bonds. The van der Waals surface area contributed by atoms with Gasteiger partial charge in [-0.25, -0.2) is 23.1 Å². The van der Waals surface area contributed by atoms with E-state index >= 15 is 0 Å². The molecule has 166 valence electrons. The zero-order valence-corrected chi connectivity index (χ0v) is 17.4. The van der Waals surface area contributed by atoms with Crippen LogP contribution in [0.25, 0.3) is 11.3 Å². The molecule has 3 aromatic rings. The third kappa shape index (κ3) is 4.87. The lowest BCUT2D eigenvalue weighted by atomic mass is 9.91. The standard InChI is InChI=1S/C23H22F3N5O/c1-14(32)31-13-16(7-8-20(31)22(25)26)23-29-19(15-4-3-9-27-12-15)11-21(30-23)28-18-6-2-5-17(24)10-18/h2-6,9-12,16,20,22H,7-8,13H2,1H3,(H,28,29,30)/t16-,20?/m1/s1. The first-order valence-electron chi connectivity index (χ1n) is 10.3. The molecule has 1 saturated heterocycles. The zero-order valence-electron chi connectivity index (χ0n) is 17.4. The number of piperidine rings is 1. The second-order valence-corrected chi connectivity index (χ2v) is 7.72. The van der Waals surface area contributed by atoms with Crippen molar-refractivity contribution in [2.45, 2.75) is 38.2 Å². The zero-order chi connectivity index (χ0) is 22.7. The molecule has 0 spiro atoms. The summed E-state index contributed by atoms with van der Waals surface area (Å²) < 4.78 is 40.4. The Hall–Kier alpha value is -3.49. The number of likely N-dealkylation sites (tertiary alicyclic amines) is 1. The number of pyridine rings is 1. The molecule has 0 radical (unpaired) electrons. The molecule has 1 N–H and O–H groups in total. The number of carbonyl (C=O) groups excluding carboxylic acids is 1. The normalized spacial score (nSPS) is 18.6. The molecule has 3 heterocycles. The Bertz CT molecular complexity index is 1100. The van der Waals surface area contributed by atoms with Gasteiger partial charge in [-0.3, -0.25) is 9.78 Å². The molecule has 1 fully saturated rings. The number of benzene rings is 1. The van der Waals surface area contributed by atoms with Crippen molar-refractivity contribution in [2.75, 3.05) is 11.9 Å². The number of carbonyl (C=O) groups is 1. The van der Waals surface area contributed by atoms with E-state index in [-0.39, 0.29) is 24.7 Å². The van der Waals surface area contributed by atoms with E-state index in [0.717, 1.165) is 5.56 Å². The largest absolute Gasteiger partial charge is 0.340 e. The van der Waals surface area contributed by atoms with E-state index in [2.05, 4.69) is 20.3 Å². The van der Waals surface area contributed by atoms with Crippen LogP contribution >= 0.6 is 0 Å². The van der Waals surface area contributed by atoms with Crippen molar-refractivity contribution in [3.05, 3.63) is 66.5 Å². The van der Waals surface area contributed by atoms with Crippen LogP contribution in [0.3, 0.4) is 0 Å². The molecule has 32 heavy (non-hydrogen) atoms. The molecule has 9 heteroatoms. The first-order chi connectivity index (χ1) is 15.4. The minimum atomic E-state index is -2.60. The highest BCUT2D eigenvalue weighted by atomic mass is 19.3. The summed E-state index contributed by atoms with van der Waals surface area (Å²) in [7, 11) is 0. The lowest BCUT2D eigenvalue weighted by molar-refractivity contribution is -0.137. The summed E-state index contributed by atoms with van der Waals surface area (Å²) in [4.78, 5) is 26.6. The van der Waals surface area contributed by atoms with Gasteiger partial charge in [0.25, 0.3) is 6.43 Å². The number of amides is 1. The minimum Gasteiger partial charge on any atom is -0.340 e. The molecule has 0 bridgehead atoms. The topological polar surface area (TPSA) is 71.0 Å². The molecule has 4 rings (SSSR count). The summed E-state index contributed by atoms with van der Waals surface area (Å²) in [6.07, 6.45) is 1.29. The fourth-order valence-electron chi connectivity index (χ4n) is 3.92. The highest BCUT2D eigenvalue weighted by Crippen LogP contribution is 2.33. The fraction of sp³-hybridized carbons (Fsp3) is 0.304. The number of alkyl halides is 2. The molecular formula is C23H22F3N5O. The van der Waals surface area contributed by atoms with E-state index < -0.39 is 18.4 Å². The SMILES string of the molecule is CC(=O)N1C[C@H](c2nc(Nc3cccc(F)c3)cc(-c3cccnc3)n2)CCC1C(F)F. The van der Waals surface area contributed by atoms with Crippen molar-refractivity contribution in [3.63, 3.8) is 0 Å². The number of hydrogen-bond donors (Lipinski definition) is 1. The molecule has 2 aromatic heterocycles. The highest BCUT2D eigenvalue weighted by Gasteiger charge is 2.37. The van der Waals surface area contributed by atoms with Gasteiger partial charge in [-0.1, -0.05) is 6.07 Å². The molecule has 1 aliphatic heterocycles. The summed E-state index contributed by atoms with van der Waals surface area (Å²) >= 11 is 0. The molecule has 6 nitrogen and oxygen atoms in total. The van der Waals surface area contributed by atoms with Crippen molar-refractivity contribution >= 4 is 17.4 Å². The summed E-state index contributed by atoms with van der Waals surface area (Å²) in [5.74, 6) is -0.228. The van der Waals surface area contributed by atoms with Gasteiger partial charge in [0.15, 0.2) is 0 Å². The molecule has 0 saturated carbocycles. The van der Waals surface area contributed by atoms with Crippen LogP contribution in [0.1, 0.15) is 31.5 Å². The van der Waals surface area contributed by atoms with Gasteiger partial charge >= 0.3 is 0 Å². The second kappa shape index (κ2) is 9.33. The Balaban J connectivity index is 1.70. The van der Waals surface area contributed by atoms with E-state index in [1.807, 2.05) is 6.07 Å².